The van der Waals surface area contributed by atoms with E-state index in [1.807, 2.05) is 12.3 Å². The molecule has 0 atom stereocenters. The lowest BCUT2D eigenvalue weighted by Gasteiger charge is -2.10. The van der Waals surface area contributed by atoms with Crippen molar-refractivity contribution in [2.45, 2.75) is 13.5 Å². The quantitative estimate of drug-likeness (QED) is 0.857. The molecule has 0 bridgehead atoms. The van der Waals surface area contributed by atoms with Gasteiger partial charge in [-0.1, -0.05) is 12.1 Å². The molecule has 1 aromatic heterocycles. The number of nitrogens with zero attached hydrogens (tertiary/aromatic N) is 1. The molecule has 1 N–H and O–H groups in total. The van der Waals surface area contributed by atoms with Crippen LogP contribution in [0.3, 0.4) is 0 Å². The molecular formula is C14H12F2N2O2S. The number of aryl methyl sites for hydroxylation is 1. The zero-order valence-electron chi connectivity index (χ0n) is 11.0. The maximum absolute atomic E-state index is 12.3. The van der Waals surface area contributed by atoms with Crippen molar-refractivity contribution < 1.29 is 18.3 Å². The number of rotatable bonds is 5. The topological polar surface area (TPSA) is 51.2 Å². The minimum absolute atomic E-state index is 0.0845. The summed E-state index contributed by atoms with van der Waals surface area (Å²) in [5.74, 6) is -0.537. The number of nitrogens with one attached hydrogen (secondary N) is 1. The van der Waals surface area contributed by atoms with Crippen LogP contribution in [0, 0.1) is 6.92 Å². The van der Waals surface area contributed by atoms with Gasteiger partial charge in [0.25, 0.3) is 0 Å². The van der Waals surface area contributed by atoms with E-state index in [1.54, 1.807) is 18.2 Å². The van der Waals surface area contributed by atoms with Crippen molar-refractivity contribution in [2.75, 3.05) is 5.32 Å². The van der Waals surface area contributed by atoms with E-state index in [-0.39, 0.29) is 11.4 Å². The molecule has 2 rings (SSSR count). The molecule has 110 valence electrons. The molecule has 0 spiro atoms. The number of alkyl halides is 2. The molecule has 0 radical (unpaired) electrons. The van der Waals surface area contributed by atoms with Gasteiger partial charge in [-0.15, -0.1) is 11.3 Å². The van der Waals surface area contributed by atoms with Crippen molar-refractivity contribution in [1.82, 2.24) is 4.98 Å². The van der Waals surface area contributed by atoms with E-state index in [1.165, 1.54) is 29.5 Å². The first kappa shape index (κ1) is 15.1. The van der Waals surface area contributed by atoms with Gasteiger partial charge in [0.05, 0.1) is 16.4 Å². The Balaban J connectivity index is 2.04. The van der Waals surface area contributed by atoms with E-state index in [0.717, 1.165) is 5.01 Å². The maximum atomic E-state index is 12.3. The average molecular weight is 310 g/mol. The molecule has 21 heavy (non-hydrogen) atoms. The van der Waals surface area contributed by atoms with Gasteiger partial charge in [0, 0.05) is 11.5 Å². The number of thiazole rings is 1. The predicted octanol–water partition coefficient (Wildman–Crippen LogP) is 3.70. The van der Waals surface area contributed by atoms with Crippen LogP contribution >= 0.6 is 11.3 Å². The van der Waals surface area contributed by atoms with Crippen LogP contribution in [0.1, 0.15) is 10.7 Å². The first-order valence-corrected chi connectivity index (χ1v) is 6.87. The van der Waals surface area contributed by atoms with Gasteiger partial charge in [-0.3, -0.25) is 4.79 Å². The van der Waals surface area contributed by atoms with Crippen molar-refractivity contribution >= 4 is 29.0 Å². The van der Waals surface area contributed by atoms with Crippen molar-refractivity contribution in [3.05, 3.63) is 46.4 Å². The standard InChI is InChI=1S/C14H12F2N2O2S/c1-9-17-10(8-21-9)6-7-13(19)18-11-4-2-3-5-12(11)20-14(15)16/h2-8,14H,1H3,(H,18,19)/b7-6-. The smallest absolute Gasteiger partial charge is 0.387 e. The number of para-hydroxylation sites is 2. The lowest BCUT2D eigenvalue weighted by atomic mass is 10.3. The Bertz CT molecular complexity index is 656. The molecule has 0 aliphatic heterocycles. The third-order valence-electron chi connectivity index (χ3n) is 2.40. The van der Waals surface area contributed by atoms with Gasteiger partial charge in [0.1, 0.15) is 5.75 Å². The molecule has 1 amide bonds. The van der Waals surface area contributed by atoms with Crippen LogP contribution < -0.4 is 10.1 Å². The largest absolute Gasteiger partial charge is 0.433 e. The fraction of sp³-hybridized carbons (Fsp3) is 0.143. The number of carbonyl (C=O) groups is 1. The summed E-state index contributed by atoms with van der Waals surface area (Å²) in [5, 5.41) is 5.19. The Labute approximate surface area is 124 Å². The number of hydrogen-bond acceptors (Lipinski definition) is 4. The summed E-state index contributed by atoms with van der Waals surface area (Å²) in [6.07, 6.45) is 2.84. The van der Waals surface area contributed by atoms with Gasteiger partial charge in [-0.2, -0.15) is 8.78 Å². The summed E-state index contributed by atoms with van der Waals surface area (Å²) >= 11 is 1.47. The normalized spacial score (nSPS) is 11.0. The zero-order chi connectivity index (χ0) is 15.2. The Morgan fingerprint density at radius 2 is 2.19 bits per heavy atom. The van der Waals surface area contributed by atoms with Crippen molar-refractivity contribution in [3.8, 4) is 5.75 Å². The number of hydrogen-bond donors (Lipinski definition) is 1. The number of benzene rings is 1. The van der Waals surface area contributed by atoms with Crippen LogP contribution in [0.2, 0.25) is 0 Å². The number of carbonyl (C=O) groups excluding carboxylic acids is 1. The summed E-state index contributed by atoms with van der Waals surface area (Å²) in [6.45, 7) is -1.09. The molecular weight excluding hydrogens is 298 g/mol. The molecule has 4 nitrogen and oxygen atoms in total. The van der Waals surface area contributed by atoms with Gasteiger partial charge in [-0.25, -0.2) is 4.98 Å². The number of ether oxygens (including phenoxy) is 1. The molecule has 0 unspecified atom stereocenters. The minimum atomic E-state index is -2.95. The van der Waals surface area contributed by atoms with Gasteiger partial charge in [-0.05, 0) is 25.1 Å². The third kappa shape index (κ3) is 4.64. The minimum Gasteiger partial charge on any atom is -0.433 e. The molecule has 0 saturated carbocycles. The van der Waals surface area contributed by atoms with Crippen molar-refractivity contribution in [1.29, 1.82) is 0 Å². The lowest BCUT2D eigenvalue weighted by Crippen LogP contribution is -2.11. The van der Waals surface area contributed by atoms with E-state index in [9.17, 15) is 13.6 Å². The number of anilines is 1. The molecule has 0 aliphatic rings. The average Bonchev–Trinajstić information content (AvgIpc) is 2.84. The highest BCUT2D eigenvalue weighted by Crippen LogP contribution is 2.25. The first-order chi connectivity index (χ1) is 10.0. The van der Waals surface area contributed by atoms with E-state index in [0.29, 0.717) is 5.69 Å². The van der Waals surface area contributed by atoms with E-state index in [4.69, 9.17) is 0 Å². The highest BCUT2D eigenvalue weighted by molar-refractivity contribution is 7.09. The molecule has 2 aromatic rings. The van der Waals surface area contributed by atoms with Crippen molar-refractivity contribution in [3.63, 3.8) is 0 Å². The van der Waals surface area contributed by atoms with Crippen LogP contribution in [0.15, 0.2) is 35.7 Å². The number of amides is 1. The molecule has 7 heteroatoms. The highest BCUT2D eigenvalue weighted by atomic mass is 32.1. The van der Waals surface area contributed by atoms with Gasteiger partial charge in [0.2, 0.25) is 5.91 Å². The van der Waals surface area contributed by atoms with Gasteiger partial charge >= 0.3 is 6.61 Å². The number of aromatic nitrogens is 1. The molecule has 0 fully saturated rings. The summed E-state index contributed by atoms with van der Waals surface area (Å²) in [7, 11) is 0. The number of halogens is 2. The first-order valence-electron chi connectivity index (χ1n) is 5.99. The summed E-state index contributed by atoms with van der Waals surface area (Å²) in [6, 6.07) is 5.99. The van der Waals surface area contributed by atoms with Gasteiger partial charge in [0.15, 0.2) is 0 Å². The second-order valence-corrected chi connectivity index (χ2v) is 5.05. The molecule has 0 saturated heterocycles. The lowest BCUT2D eigenvalue weighted by molar-refractivity contribution is -0.111. The zero-order valence-corrected chi connectivity index (χ0v) is 11.9. The summed E-state index contributed by atoms with van der Waals surface area (Å²) in [4.78, 5) is 15.9. The van der Waals surface area contributed by atoms with Crippen LogP contribution in [0.4, 0.5) is 14.5 Å². The van der Waals surface area contributed by atoms with Crippen molar-refractivity contribution in [2.24, 2.45) is 0 Å². The second kappa shape index (κ2) is 6.94. The Morgan fingerprint density at radius 1 is 1.43 bits per heavy atom. The predicted molar refractivity (Wildman–Crippen MR) is 77.6 cm³/mol. The SMILES string of the molecule is Cc1nc(/C=C\C(=O)Nc2ccccc2OC(F)F)cs1. The monoisotopic (exact) mass is 310 g/mol. The summed E-state index contributed by atoms with van der Waals surface area (Å²) in [5.41, 5.74) is 0.853. The Kier molecular flexibility index (Phi) is 4.99. The highest BCUT2D eigenvalue weighted by Gasteiger charge is 2.10. The Morgan fingerprint density at radius 3 is 2.86 bits per heavy atom. The van der Waals surface area contributed by atoms with E-state index in [2.05, 4.69) is 15.0 Å². The van der Waals surface area contributed by atoms with Crippen LogP contribution in [0.25, 0.3) is 6.08 Å². The molecule has 0 aliphatic carbocycles. The van der Waals surface area contributed by atoms with Crippen LogP contribution in [0.5, 0.6) is 5.75 Å². The fourth-order valence-corrected chi connectivity index (χ4v) is 2.14. The van der Waals surface area contributed by atoms with E-state index >= 15 is 0 Å². The molecule has 1 aromatic carbocycles. The molecule has 1 heterocycles. The third-order valence-corrected chi connectivity index (χ3v) is 3.19. The van der Waals surface area contributed by atoms with E-state index < -0.39 is 12.5 Å². The van der Waals surface area contributed by atoms with Crippen LogP contribution in [-0.4, -0.2) is 17.5 Å². The van der Waals surface area contributed by atoms with Crippen LogP contribution in [-0.2, 0) is 4.79 Å². The second-order valence-electron chi connectivity index (χ2n) is 3.99. The van der Waals surface area contributed by atoms with Gasteiger partial charge < -0.3 is 10.1 Å². The Hall–Kier alpha value is -2.28. The fourth-order valence-electron chi connectivity index (χ4n) is 1.56. The summed E-state index contributed by atoms with van der Waals surface area (Å²) < 4.78 is 28.8. The maximum Gasteiger partial charge on any atom is 0.387 e.